The zero-order valence-electron chi connectivity index (χ0n) is 48.3. The first-order chi connectivity index (χ1) is 40.4. The average molecular weight is 1140 g/mol. The van der Waals surface area contributed by atoms with Crippen molar-refractivity contribution in [1.82, 2.24) is 50.2 Å². The van der Waals surface area contributed by atoms with Gasteiger partial charge in [0.05, 0.1) is 43.4 Å². The number of piperazine rings is 2. The van der Waals surface area contributed by atoms with Crippen LogP contribution < -0.4 is 25.7 Å². The first kappa shape index (κ1) is 59.0. The normalized spacial score (nSPS) is 18.5. The zero-order valence-corrected chi connectivity index (χ0v) is 48.3. The Morgan fingerprint density at radius 3 is 2.11 bits per heavy atom. The number of piperidine rings is 2. The van der Waals surface area contributed by atoms with Crippen molar-refractivity contribution in [2.24, 2.45) is 11.8 Å². The van der Waals surface area contributed by atoms with Crippen LogP contribution in [0.3, 0.4) is 0 Å². The predicted molar refractivity (Wildman–Crippen MR) is 315 cm³/mol. The first-order valence-corrected chi connectivity index (χ1v) is 30.2. The molecule has 0 spiro atoms. The lowest BCUT2D eigenvalue weighted by Crippen LogP contribution is -2.57. The highest BCUT2D eigenvalue weighted by Gasteiger charge is 2.37. The van der Waals surface area contributed by atoms with Crippen molar-refractivity contribution in [3.63, 3.8) is 0 Å². The maximum Gasteiger partial charge on any atom is 0.272 e. The van der Waals surface area contributed by atoms with Crippen LogP contribution in [0.4, 0.5) is 4.39 Å². The molecule has 1 aliphatic carbocycles. The Morgan fingerprint density at radius 2 is 1.40 bits per heavy atom. The van der Waals surface area contributed by atoms with Crippen molar-refractivity contribution in [3.05, 3.63) is 135 Å². The summed E-state index contributed by atoms with van der Waals surface area (Å²) in [6.07, 6.45) is 9.05. The van der Waals surface area contributed by atoms with Gasteiger partial charge in [-0.15, -0.1) is 0 Å². The highest BCUT2D eigenvalue weighted by atomic mass is 19.1. The number of rotatable bonds is 19. The fourth-order valence-corrected chi connectivity index (χ4v) is 13.0. The fourth-order valence-electron chi connectivity index (χ4n) is 13.0. The van der Waals surface area contributed by atoms with E-state index < -0.39 is 17.8 Å². The van der Waals surface area contributed by atoms with E-state index in [9.17, 15) is 28.8 Å². The lowest BCUT2D eigenvalue weighted by atomic mass is 9.83. The Morgan fingerprint density at radius 1 is 0.711 bits per heavy atom. The number of nitrogens with one attached hydrogen (secondary N) is 3. The Balaban J connectivity index is 0.629. The molecule has 83 heavy (non-hydrogen) atoms. The number of halogens is 1. The van der Waals surface area contributed by atoms with Gasteiger partial charge in [0, 0.05) is 108 Å². The minimum atomic E-state index is -0.608. The van der Waals surface area contributed by atoms with Crippen LogP contribution in [-0.4, -0.2) is 187 Å². The van der Waals surface area contributed by atoms with E-state index in [2.05, 4.69) is 30.6 Å². The number of carbonyl (C=O) groups is 5. The van der Waals surface area contributed by atoms with Gasteiger partial charge in [-0.1, -0.05) is 61.7 Å². The number of ether oxygens (including phenoxy) is 2. The van der Waals surface area contributed by atoms with E-state index in [1.807, 2.05) is 71.3 Å². The topological polar surface area (TPSA) is 193 Å². The largest absolute Gasteiger partial charge is 0.497 e. The highest BCUT2D eigenvalue weighted by molar-refractivity contribution is 5.98. The summed E-state index contributed by atoms with van der Waals surface area (Å²) in [4.78, 5) is 93.0. The van der Waals surface area contributed by atoms with Crippen molar-refractivity contribution < 1.29 is 37.8 Å². The van der Waals surface area contributed by atoms with Gasteiger partial charge in [-0.25, -0.2) is 9.49 Å². The van der Waals surface area contributed by atoms with Gasteiger partial charge in [-0.3, -0.25) is 38.6 Å². The second kappa shape index (κ2) is 27.9. The summed E-state index contributed by atoms with van der Waals surface area (Å²) in [5.74, 6) is 1.23. The molecule has 0 radical (unpaired) electrons. The number of aromatic nitrogens is 2. The second-order valence-corrected chi connectivity index (χ2v) is 23.2. The number of hydrogen-bond donors (Lipinski definition) is 3. The number of carbonyl (C=O) groups excluding carboxylic acids is 5. The van der Waals surface area contributed by atoms with E-state index in [0.717, 1.165) is 113 Å². The summed E-state index contributed by atoms with van der Waals surface area (Å²) >= 11 is 0. The van der Waals surface area contributed by atoms with Gasteiger partial charge in [0.25, 0.3) is 17.4 Å². The summed E-state index contributed by atoms with van der Waals surface area (Å²) in [6, 6.07) is 24.6. The molecule has 19 heteroatoms. The highest BCUT2D eigenvalue weighted by Crippen LogP contribution is 2.31. The predicted octanol–water partition coefficient (Wildman–Crippen LogP) is 6.08. The Kier molecular flexibility index (Phi) is 19.8. The van der Waals surface area contributed by atoms with Crippen LogP contribution in [-0.2, 0) is 27.3 Å². The number of amides is 5. The molecule has 1 aromatic heterocycles. The summed E-state index contributed by atoms with van der Waals surface area (Å²) in [5, 5.41) is 14.5. The van der Waals surface area contributed by atoms with E-state index in [4.69, 9.17) is 9.47 Å². The number of benzene rings is 4. The van der Waals surface area contributed by atoms with E-state index in [0.29, 0.717) is 112 Å². The van der Waals surface area contributed by atoms with Crippen LogP contribution in [0, 0.1) is 17.7 Å². The molecule has 0 bridgehead atoms. The number of H-pyrrole nitrogens is 1. The number of nitrogens with zero attached hydrogens (tertiary/aromatic N) is 7. The zero-order chi connectivity index (χ0) is 57.8. The van der Waals surface area contributed by atoms with E-state index in [1.54, 1.807) is 41.2 Å². The number of fused-ring (bicyclic) bond motifs is 1. The van der Waals surface area contributed by atoms with Crippen molar-refractivity contribution in [1.29, 1.82) is 0 Å². The number of methoxy groups -OCH3 is 1. The lowest BCUT2D eigenvalue weighted by Gasteiger charge is -2.41. The molecule has 5 heterocycles. The van der Waals surface area contributed by atoms with Gasteiger partial charge in [0.1, 0.15) is 23.4 Å². The summed E-state index contributed by atoms with van der Waals surface area (Å²) in [6.45, 7) is 11.6. The van der Waals surface area contributed by atoms with Crippen molar-refractivity contribution >= 4 is 40.3 Å². The van der Waals surface area contributed by atoms with Crippen LogP contribution in [0.15, 0.2) is 89.7 Å². The smallest absolute Gasteiger partial charge is 0.272 e. The van der Waals surface area contributed by atoms with Gasteiger partial charge in [-0.05, 0) is 124 Å². The minimum Gasteiger partial charge on any atom is -0.497 e. The Hall–Kier alpha value is -7.22. The molecule has 1 atom stereocenters. The molecule has 5 fully saturated rings. The lowest BCUT2D eigenvalue weighted by molar-refractivity contribution is -0.137. The Bertz CT molecular complexity index is 3120. The van der Waals surface area contributed by atoms with E-state index in [-0.39, 0.29) is 53.1 Å². The van der Waals surface area contributed by atoms with Gasteiger partial charge >= 0.3 is 0 Å². The molecular formula is C64H81FN10O8. The third-order valence-corrected chi connectivity index (χ3v) is 17.9. The number of aromatic amines is 1. The standard InChI is InChI=1S/C64H81FN10O8/c1-3-83-57-39-51(82-2)19-18-50(57)40-66-41-58(76)72-27-23-47(24-28-72)46-14-16-49(17-15-46)61(78)67-60(48-9-5-4-6-10-48)64(81)75-31-29-71(30-32-75)42-44-21-25-70(26-22-44)43-59(77)73-33-35-74(36-34-73)63(80)54-37-45(13-20-55(54)65)38-56-52-11-7-8-12-53(52)62(79)69-68-56/h7-8,11-20,37,39,44,47-48,60,66H,3-6,9-10,21-36,38,40-43H2,1-2H3,(H,67,78)(H,69,79). The third-order valence-electron chi connectivity index (χ3n) is 17.9. The van der Waals surface area contributed by atoms with Crippen molar-refractivity contribution in [2.45, 2.75) is 89.6 Å². The van der Waals surface area contributed by atoms with Crippen molar-refractivity contribution in [2.75, 3.05) is 112 Å². The maximum atomic E-state index is 15.2. The van der Waals surface area contributed by atoms with Crippen LogP contribution in [0.1, 0.15) is 114 Å². The first-order valence-electron chi connectivity index (χ1n) is 30.2. The molecule has 5 aromatic rings. The molecule has 10 rings (SSSR count). The monoisotopic (exact) mass is 1140 g/mol. The maximum absolute atomic E-state index is 15.2. The van der Waals surface area contributed by atoms with E-state index >= 15 is 4.39 Å². The summed E-state index contributed by atoms with van der Waals surface area (Å²) in [5.41, 5.74) is 3.68. The summed E-state index contributed by atoms with van der Waals surface area (Å²) < 4.78 is 26.3. The second-order valence-electron chi connectivity index (χ2n) is 23.2. The number of hydrogen-bond acceptors (Lipinski definition) is 12. The van der Waals surface area contributed by atoms with E-state index in [1.165, 1.54) is 6.07 Å². The molecule has 442 valence electrons. The molecule has 1 saturated carbocycles. The van der Waals surface area contributed by atoms with Crippen LogP contribution in [0.25, 0.3) is 10.8 Å². The van der Waals surface area contributed by atoms with Crippen LogP contribution in [0.2, 0.25) is 0 Å². The molecule has 5 amide bonds. The molecule has 1 unspecified atom stereocenters. The van der Waals surface area contributed by atoms with Gasteiger partial charge < -0.3 is 39.7 Å². The van der Waals surface area contributed by atoms with Crippen LogP contribution in [0.5, 0.6) is 11.5 Å². The average Bonchev–Trinajstić information content (AvgIpc) is 3.57. The Labute approximate surface area is 486 Å². The SMILES string of the molecule is CCOc1cc(OC)ccc1CNCC(=O)N1CCC(c2ccc(C(=O)NC(C(=O)N3CCN(CC4CCN(CC(=O)N5CCN(C(=O)c6cc(Cc7n[nH]c(=O)c8ccccc78)ccc6F)CC5)CC4)CC3)C3CCCCC3)cc2)CC1. The quantitative estimate of drug-likeness (QED) is 0.0866. The molecule has 4 aromatic carbocycles. The fraction of sp³-hybridized carbons (Fsp3) is 0.516. The molecule has 3 N–H and O–H groups in total. The minimum absolute atomic E-state index is 0.0197. The van der Waals surface area contributed by atoms with Crippen molar-refractivity contribution in [3.8, 4) is 11.5 Å². The molecular weight excluding hydrogens is 1060 g/mol. The van der Waals surface area contributed by atoms with Gasteiger partial charge in [0.2, 0.25) is 17.7 Å². The van der Waals surface area contributed by atoms with Gasteiger partial charge in [-0.2, -0.15) is 5.10 Å². The molecule has 4 saturated heterocycles. The van der Waals surface area contributed by atoms with Gasteiger partial charge in [0.15, 0.2) is 0 Å². The van der Waals surface area contributed by atoms with Crippen LogP contribution >= 0.6 is 0 Å². The summed E-state index contributed by atoms with van der Waals surface area (Å²) in [7, 11) is 1.63. The third kappa shape index (κ3) is 14.8. The molecule has 5 aliphatic rings. The number of likely N-dealkylation sites (tertiary alicyclic amines) is 2. The molecule has 18 nitrogen and oxygen atoms in total. The molecule has 4 aliphatic heterocycles.